The van der Waals surface area contributed by atoms with Crippen LogP contribution in [0.4, 0.5) is 5.00 Å². The molecule has 2 heterocycles. The number of nitrogens with one attached hydrogen (secondary N) is 1. The predicted octanol–water partition coefficient (Wildman–Crippen LogP) is 4.72. The SMILES string of the molecule is Cc1noc(C)c1COc1ccc(C(=O)OCC(=O)Nc2sc3c(c2C#N)CC[C@H](C)C3)cc1. The summed E-state index contributed by atoms with van der Waals surface area (Å²) in [5.74, 6) is 0.752. The van der Waals surface area contributed by atoms with Crippen LogP contribution in [0.5, 0.6) is 5.75 Å². The highest BCUT2D eigenvalue weighted by atomic mass is 32.1. The molecule has 0 saturated heterocycles. The molecule has 2 aromatic heterocycles. The normalized spacial score (nSPS) is 14.7. The van der Waals surface area contributed by atoms with E-state index < -0.39 is 18.5 Å². The number of thiophene rings is 1. The van der Waals surface area contributed by atoms with Gasteiger partial charge in [0.2, 0.25) is 0 Å². The van der Waals surface area contributed by atoms with Gasteiger partial charge in [0.15, 0.2) is 6.61 Å². The van der Waals surface area contributed by atoms with Crippen molar-refractivity contribution in [3.8, 4) is 11.8 Å². The number of anilines is 1. The molecule has 4 rings (SSSR count). The molecule has 1 amide bonds. The number of hydrogen-bond acceptors (Lipinski definition) is 8. The van der Waals surface area contributed by atoms with Gasteiger partial charge in [0, 0.05) is 4.88 Å². The van der Waals surface area contributed by atoms with Crippen LogP contribution in [0.15, 0.2) is 28.8 Å². The second kappa shape index (κ2) is 10.1. The van der Waals surface area contributed by atoms with Crippen LogP contribution in [0, 0.1) is 31.1 Å². The van der Waals surface area contributed by atoms with Crippen LogP contribution < -0.4 is 10.1 Å². The van der Waals surface area contributed by atoms with E-state index in [1.165, 1.54) is 11.3 Å². The fourth-order valence-corrected chi connectivity index (χ4v) is 5.26. The first-order chi connectivity index (χ1) is 16.4. The highest BCUT2D eigenvalue weighted by Crippen LogP contribution is 2.39. The van der Waals surface area contributed by atoms with Crippen molar-refractivity contribution in [1.82, 2.24) is 5.16 Å². The third-order valence-corrected chi connectivity index (χ3v) is 7.03. The molecule has 1 N–H and O–H groups in total. The number of rotatable bonds is 7. The molecule has 1 atom stereocenters. The molecule has 1 aromatic carbocycles. The van der Waals surface area contributed by atoms with E-state index in [0.717, 1.165) is 41.0 Å². The average molecular weight is 480 g/mol. The topological polar surface area (TPSA) is 114 Å². The lowest BCUT2D eigenvalue weighted by Crippen LogP contribution is -2.20. The number of carbonyl (C=O) groups excluding carboxylic acids is 2. The number of carbonyl (C=O) groups is 2. The lowest BCUT2D eigenvalue weighted by atomic mass is 9.89. The summed E-state index contributed by atoms with van der Waals surface area (Å²) in [6, 6.07) is 8.68. The van der Waals surface area contributed by atoms with Gasteiger partial charge in [-0.2, -0.15) is 5.26 Å². The Morgan fingerprint density at radius 2 is 2.06 bits per heavy atom. The molecule has 176 valence electrons. The summed E-state index contributed by atoms with van der Waals surface area (Å²) in [7, 11) is 0. The maximum absolute atomic E-state index is 12.4. The number of esters is 1. The minimum atomic E-state index is -0.618. The molecule has 0 aliphatic heterocycles. The Labute approximate surface area is 201 Å². The van der Waals surface area contributed by atoms with Crippen LogP contribution in [0.2, 0.25) is 0 Å². The Balaban J connectivity index is 1.30. The van der Waals surface area contributed by atoms with Crippen molar-refractivity contribution < 1.29 is 23.6 Å². The number of ether oxygens (including phenoxy) is 2. The summed E-state index contributed by atoms with van der Waals surface area (Å²) in [4.78, 5) is 25.9. The number of nitriles is 1. The van der Waals surface area contributed by atoms with E-state index in [4.69, 9.17) is 14.0 Å². The van der Waals surface area contributed by atoms with Gasteiger partial charge in [-0.3, -0.25) is 4.79 Å². The van der Waals surface area contributed by atoms with E-state index in [2.05, 4.69) is 23.5 Å². The van der Waals surface area contributed by atoms with Crippen LogP contribution in [0.3, 0.4) is 0 Å². The lowest BCUT2D eigenvalue weighted by molar-refractivity contribution is -0.119. The number of aromatic nitrogens is 1. The highest BCUT2D eigenvalue weighted by molar-refractivity contribution is 7.16. The van der Waals surface area contributed by atoms with Crippen LogP contribution in [-0.4, -0.2) is 23.6 Å². The van der Waals surface area contributed by atoms with E-state index in [1.807, 2.05) is 13.8 Å². The van der Waals surface area contributed by atoms with Gasteiger partial charge in [-0.15, -0.1) is 11.3 Å². The summed E-state index contributed by atoms with van der Waals surface area (Å²) in [6.45, 7) is 5.72. The van der Waals surface area contributed by atoms with Gasteiger partial charge in [-0.1, -0.05) is 12.1 Å². The number of benzene rings is 1. The van der Waals surface area contributed by atoms with Gasteiger partial charge in [-0.05, 0) is 68.9 Å². The van der Waals surface area contributed by atoms with Crippen LogP contribution >= 0.6 is 11.3 Å². The summed E-state index contributed by atoms with van der Waals surface area (Å²) in [6.07, 6.45) is 2.79. The van der Waals surface area contributed by atoms with Crippen LogP contribution in [-0.2, 0) is 29.0 Å². The number of amides is 1. The van der Waals surface area contributed by atoms with E-state index in [0.29, 0.717) is 40.2 Å². The molecule has 0 radical (unpaired) electrons. The van der Waals surface area contributed by atoms with E-state index in [1.54, 1.807) is 24.3 Å². The zero-order valence-corrected chi connectivity index (χ0v) is 20.1. The first kappa shape index (κ1) is 23.5. The van der Waals surface area contributed by atoms with Crippen molar-refractivity contribution >= 4 is 28.2 Å². The molecule has 8 nitrogen and oxygen atoms in total. The molecule has 0 bridgehead atoms. The van der Waals surface area contributed by atoms with Gasteiger partial charge in [0.25, 0.3) is 5.91 Å². The maximum Gasteiger partial charge on any atom is 0.338 e. The minimum absolute atomic E-state index is 0.302. The van der Waals surface area contributed by atoms with Gasteiger partial charge in [0.1, 0.15) is 29.2 Å². The Bertz CT molecular complexity index is 1230. The van der Waals surface area contributed by atoms with Gasteiger partial charge >= 0.3 is 5.97 Å². The van der Waals surface area contributed by atoms with E-state index >= 15 is 0 Å². The molecule has 0 fully saturated rings. The molecule has 0 saturated carbocycles. The molecule has 34 heavy (non-hydrogen) atoms. The van der Waals surface area contributed by atoms with Crippen molar-refractivity contribution in [2.75, 3.05) is 11.9 Å². The third kappa shape index (κ3) is 5.13. The zero-order valence-electron chi connectivity index (χ0n) is 19.3. The van der Waals surface area contributed by atoms with E-state index in [-0.39, 0.29) is 0 Å². The van der Waals surface area contributed by atoms with Crippen LogP contribution in [0.25, 0.3) is 0 Å². The summed E-state index contributed by atoms with van der Waals surface area (Å²) < 4.78 is 16.0. The Kier molecular flexibility index (Phi) is 6.98. The molecule has 0 unspecified atom stereocenters. The predicted molar refractivity (Wildman–Crippen MR) is 126 cm³/mol. The Morgan fingerprint density at radius 1 is 1.29 bits per heavy atom. The number of nitrogens with zero attached hydrogens (tertiary/aromatic N) is 2. The summed E-state index contributed by atoms with van der Waals surface area (Å²) in [5.41, 5.74) is 3.52. The number of fused-ring (bicyclic) bond motifs is 1. The number of aryl methyl sites for hydroxylation is 2. The lowest BCUT2D eigenvalue weighted by Gasteiger charge is -2.17. The smallest absolute Gasteiger partial charge is 0.338 e. The molecular weight excluding hydrogens is 454 g/mol. The van der Waals surface area contributed by atoms with Gasteiger partial charge < -0.3 is 19.3 Å². The molecule has 3 aromatic rings. The van der Waals surface area contributed by atoms with Gasteiger partial charge in [0.05, 0.1) is 22.4 Å². The fraction of sp³-hybridized carbons (Fsp3) is 0.360. The zero-order chi connectivity index (χ0) is 24.2. The van der Waals surface area contributed by atoms with Gasteiger partial charge in [-0.25, -0.2) is 4.79 Å². The van der Waals surface area contributed by atoms with Crippen molar-refractivity contribution in [2.45, 2.75) is 46.6 Å². The largest absolute Gasteiger partial charge is 0.489 e. The fourth-order valence-electron chi connectivity index (χ4n) is 3.88. The van der Waals surface area contributed by atoms with Crippen molar-refractivity contribution in [3.05, 3.63) is 62.9 Å². The molecule has 1 aliphatic rings. The molecule has 0 spiro atoms. The molecular formula is C25H25N3O5S. The Morgan fingerprint density at radius 3 is 2.74 bits per heavy atom. The standard InChI is InChI=1S/C25H25N3O5S/c1-14-4-9-19-20(11-26)24(34-22(19)10-14)27-23(29)13-32-25(30)17-5-7-18(8-6-17)31-12-21-15(2)28-33-16(21)3/h5-8,14H,4,9-10,12-13H2,1-3H3,(H,27,29)/t14-/m0/s1. The maximum atomic E-state index is 12.4. The highest BCUT2D eigenvalue weighted by Gasteiger charge is 2.25. The monoisotopic (exact) mass is 479 g/mol. The molecule has 9 heteroatoms. The number of hydrogen-bond donors (Lipinski definition) is 1. The van der Waals surface area contributed by atoms with Crippen LogP contribution in [0.1, 0.15) is 56.7 Å². The second-order valence-corrected chi connectivity index (χ2v) is 9.51. The van der Waals surface area contributed by atoms with Crippen molar-refractivity contribution in [1.29, 1.82) is 5.26 Å². The third-order valence-electron chi connectivity index (χ3n) is 5.87. The van der Waals surface area contributed by atoms with E-state index in [9.17, 15) is 14.9 Å². The molecule has 1 aliphatic carbocycles. The van der Waals surface area contributed by atoms with Crippen molar-refractivity contribution in [2.24, 2.45) is 5.92 Å². The second-order valence-electron chi connectivity index (χ2n) is 8.41. The summed E-state index contributed by atoms with van der Waals surface area (Å²) >= 11 is 1.44. The summed E-state index contributed by atoms with van der Waals surface area (Å²) in [5, 5.41) is 16.7. The average Bonchev–Trinajstić information content (AvgIpc) is 3.33. The minimum Gasteiger partial charge on any atom is -0.489 e. The first-order valence-corrected chi connectivity index (χ1v) is 11.8. The first-order valence-electron chi connectivity index (χ1n) is 11.0. The quantitative estimate of drug-likeness (QED) is 0.488. The Hall–Kier alpha value is -3.64. The van der Waals surface area contributed by atoms with Crippen molar-refractivity contribution in [3.63, 3.8) is 0 Å².